The lowest BCUT2D eigenvalue weighted by Crippen LogP contribution is -1.89. The molecule has 108 valence electrons. The van der Waals surface area contributed by atoms with Crippen molar-refractivity contribution in [3.05, 3.63) is 39.8 Å². The van der Waals surface area contributed by atoms with Crippen LogP contribution in [0.5, 0.6) is 11.5 Å². The molecule has 3 aromatic rings. The van der Waals surface area contributed by atoms with E-state index in [0.29, 0.717) is 16.5 Å². The number of imidazole rings is 1. The number of halogens is 2. The molecule has 3 rings (SSSR count). The Labute approximate surface area is 135 Å². The van der Waals surface area contributed by atoms with Crippen molar-refractivity contribution in [1.82, 2.24) is 9.97 Å². The van der Waals surface area contributed by atoms with Crippen molar-refractivity contribution in [1.29, 1.82) is 0 Å². The van der Waals surface area contributed by atoms with Crippen molar-refractivity contribution < 1.29 is 9.47 Å². The van der Waals surface area contributed by atoms with Gasteiger partial charge in [0.15, 0.2) is 11.5 Å². The van der Waals surface area contributed by atoms with E-state index in [1.165, 1.54) is 0 Å². The van der Waals surface area contributed by atoms with Gasteiger partial charge in [0.05, 0.1) is 30.3 Å². The minimum absolute atomic E-state index is 0.642. The number of fused-ring (bicyclic) bond motifs is 1. The number of rotatable bonds is 3. The van der Waals surface area contributed by atoms with E-state index in [1.807, 2.05) is 30.3 Å². The van der Waals surface area contributed by atoms with Gasteiger partial charge < -0.3 is 14.5 Å². The van der Waals surface area contributed by atoms with E-state index in [2.05, 4.69) is 25.9 Å². The van der Waals surface area contributed by atoms with E-state index in [4.69, 9.17) is 21.1 Å². The van der Waals surface area contributed by atoms with Gasteiger partial charge in [-0.3, -0.25) is 0 Å². The number of hydrogen-bond acceptors (Lipinski definition) is 3. The molecule has 0 aliphatic carbocycles. The summed E-state index contributed by atoms with van der Waals surface area (Å²) in [6.45, 7) is 0. The summed E-state index contributed by atoms with van der Waals surface area (Å²) >= 11 is 9.51. The molecule has 0 amide bonds. The third-order valence-electron chi connectivity index (χ3n) is 3.18. The molecule has 0 aliphatic heterocycles. The molecular formula is C15H12BrClN2O2. The number of methoxy groups -OCH3 is 2. The number of nitrogens with zero attached hydrogens (tertiary/aromatic N) is 1. The van der Waals surface area contributed by atoms with E-state index >= 15 is 0 Å². The smallest absolute Gasteiger partial charge is 0.163 e. The summed E-state index contributed by atoms with van der Waals surface area (Å²) in [5.41, 5.74) is 2.60. The van der Waals surface area contributed by atoms with Gasteiger partial charge in [0, 0.05) is 22.2 Å². The van der Waals surface area contributed by atoms with E-state index in [1.54, 1.807) is 14.2 Å². The fourth-order valence-corrected chi connectivity index (χ4v) is 2.54. The van der Waals surface area contributed by atoms with Crippen molar-refractivity contribution in [2.75, 3.05) is 14.2 Å². The van der Waals surface area contributed by atoms with Crippen molar-refractivity contribution in [2.45, 2.75) is 0 Å². The minimum Gasteiger partial charge on any atom is -0.493 e. The zero-order valence-electron chi connectivity index (χ0n) is 11.4. The Hall–Kier alpha value is -1.72. The second kappa shape index (κ2) is 5.58. The molecule has 6 heteroatoms. The van der Waals surface area contributed by atoms with E-state index in [0.717, 1.165) is 26.9 Å². The van der Waals surface area contributed by atoms with Gasteiger partial charge >= 0.3 is 0 Å². The van der Waals surface area contributed by atoms with Crippen LogP contribution in [0.3, 0.4) is 0 Å². The van der Waals surface area contributed by atoms with Crippen molar-refractivity contribution in [2.24, 2.45) is 0 Å². The molecule has 1 N–H and O–H groups in total. The average Bonchev–Trinajstić information content (AvgIpc) is 2.91. The monoisotopic (exact) mass is 366 g/mol. The second-order valence-corrected chi connectivity index (χ2v) is 5.70. The first kappa shape index (κ1) is 14.2. The van der Waals surface area contributed by atoms with Gasteiger partial charge in [0.25, 0.3) is 0 Å². The zero-order valence-corrected chi connectivity index (χ0v) is 13.7. The number of benzene rings is 2. The number of ether oxygens (including phenoxy) is 2. The third kappa shape index (κ3) is 2.59. The molecule has 1 heterocycles. The van der Waals surface area contributed by atoms with Crippen LogP contribution >= 0.6 is 27.5 Å². The Morgan fingerprint density at radius 1 is 1.10 bits per heavy atom. The van der Waals surface area contributed by atoms with Gasteiger partial charge in [-0.1, -0.05) is 17.7 Å². The molecule has 0 saturated carbocycles. The quantitative estimate of drug-likeness (QED) is 0.732. The molecule has 4 nitrogen and oxygen atoms in total. The molecule has 1 aromatic heterocycles. The van der Waals surface area contributed by atoms with Crippen LogP contribution < -0.4 is 9.47 Å². The molecular weight excluding hydrogens is 356 g/mol. The minimum atomic E-state index is 0.642. The number of nitrogens with one attached hydrogen (secondary N) is 1. The highest BCUT2D eigenvalue weighted by atomic mass is 79.9. The van der Waals surface area contributed by atoms with Gasteiger partial charge in [-0.25, -0.2) is 4.98 Å². The number of aromatic nitrogens is 2. The van der Waals surface area contributed by atoms with Crippen molar-refractivity contribution >= 4 is 38.6 Å². The van der Waals surface area contributed by atoms with Gasteiger partial charge in [0.1, 0.15) is 5.82 Å². The molecule has 21 heavy (non-hydrogen) atoms. The molecule has 0 radical (unpaired) electrons. The highest BCUT2D eigenvalue weighted by Crippen LogP contribution is 2.33. The lowest BCUT2D eigenvalue weighted by Gasteiger charge is -2.06. The number of hydrogen-bond donors (Lipinski definition) is 1. The Morgan fingerprint density at radius 3 is 2.48 bits per heavy atom. The predicted molar refractivity (Wildman–Crippen MR) is 87.3 cm³/mol. The Bertz CT molecular complexity index is 776. The SMILES string of the molecule is COc1cc2nc(-c3ccc(Br)c(Cl)c3)[nH]c2cc1OC. The lowest BCUT2D eigenvalue weighted by molar-refractivity contribution is 0.356. The first-order valence-corrected chi connectivity index (χ1v) is 7.36. The summed E-state index contributed by atoms with van der Waals surface area (Å²) in [4.78, 5) is 7.84. The van der Waals surface area contributed by atoms with Crippen LogP contribution in [0.15, 0.2) is 34.8 Å². The number of H-pyrrole nitrogens is 1. The summed E-state index contributed by atoms with van der Waals surface area (Å²) < 4.78 is 11.4. The highest BCUT2D eigenvalue weighted by Gasteiger charge is 2.11. The predicted octanol–water partition coefficient (Wildman–Crippen LogP) is 4.66. The largest absolute Gasteiger partial charge is 0.493 e. The molecule has 0 bridgehead atoms. The molecule has 0 spiro atoms. The van der Waals surface area contributed by atoms with E-state index < -0.39 is 0 Å². The van der Waals surface area contributed by atoms with Crippen molar-refractivity contribution in [3.8, 4) is 22.9 Å². The first-order valence-electron chi connectivity index (χ1n) is 6.19. The van der Waals surface area contributed by atoms with Crippen LogP contribution in [0.2, 0.25) is 5.02 Å². The maximum atomic E-state index is 6.13. The van der Waals surface area contributed by atoms with E-state index in [9.17, 15) is 0 Å². The maximum absolute atomic E-state index is 6.13. The maximum Gasteiger partial charge on any atom is 0.163 e. The summed E-state index contributed by atoms with van der Waals surface area (Å²) in [5, 5.41) is 0.642. The third-order valence-corrected chi connectivity index (χ3v) is 4.41. The van der Waals surface area contributed by atoms with Gasteiger partial charge in [-0.2, -0.15) is 0 Å². The van der Waals surface area contributed by atoms with Crippen LogP contribution in [0, 0.1) is 0 Å². The number of aromatic amines is 1. The van der Waals surface area contributed by atoms with Crippen LogP contribution in [-0.2, 0) is 0 Å². The van der Waals surface area contributed by atoms with Crippen LogP contribution in [0.1, 0.15) is 0 Å². The second-order valence-electron chi connectivity index (χ2n) is 4.44. The fourth-order valence-electron chi connectivity index (χ4n) is 2.12. The van der Waals surface area contributed by atoms with Gasteiger partial charge in [0.2, 0.25) is 0 Å². The van der Waals surface area contributed by atoms with Crippen LogP contribution in [0.4, 0.5) is 0 Å². The summed E-state index contributed by atoms with van der Waals surface area (Å²) in [6, 6.07) is 9.41. The molecule has 0 fully saturated rings. The summed E-state index contributed by atoms with van der Waals surface area (Å²) in [6.07, 6.45) is 0. The standard InChI is InChI=1S/C15H12BrClN2O2/c1-20-13-6-11-12(7-14(13)21-2)19-15(18-11)8-3-4-9(16)10(17)5-8/h3-7H,1-2H3,(H,18,19). The average molecular weight is 368 g/mol. The van der Waals surface area contributed by atoms with Gasteiger partial charge in [-0.05, 0) is 28.1 Å². The molecule has 0 aliphatic rings. The van der Waals surface area contributed by atoms with Crippen LogP contribution in [-0.4, -0.2) is 24.2 Å². The van der Waals surface area contributed by atoms with Crippen molar-refractivity contribution in [3.63, 3.8) is 0 Å². The lowest BCUT2D eigenvalue weighted by atomic mass is 10.2. The summed E-state index contributed by atoms with van der Waals surface area (Å²) in [7, 11) is 3.21. The zero-order chi connectivity index (χ0) is 15.0. The van der Waals surface area contributed by atoms with Crippen LogP contribution in [0.25, 0.3) is 22.4 Å². The molecule has 2 aromatic carbocycles. The molecule has 0 saturated heterocycles. The Balaban J connectivity index is 2.14. The van der Waals surface area contributed by atoms with Gasteiger partial charge in [-0.15, -0.1) is 0 Å². The Kier molecular flexibility index (Phi) is 3.78. The Morgan fingerprint density at radius 2 is 1.81 bits per heavy atom. The highest BCUT2D eigenvalue weighted by molar-refractivity contribution is 9.10. The fraction of sp³-hybridized carbons (Fsp3) is 0.133. The normalized spacial score (nSPS) is 10.9. The molecule has 0 unspecified atom stereocenters. The molecule has 0 atom stereocenters. The first-order chi connectivity index (χ1) is 10.1. The topological polar surface area (TPSA) is 47.1 Å². The summed E-state index contributed by atoms with van der Waals surface area (Å²) in [5.74, 6) is 2.06. The van der Waals surface area contributed by atoms with E-state index in [-0.39, 0.29) is 0 Å².